The van der Waals surface area contributed by atoms with E-state index in [4.69, 9.17) is 4.42 Å². The average molecular weight is 257 g/mol. The smallest absolute Gasteiger partial charge is 0.336 e. The second kappa shape index (κ2) is 4.53. The topological polar surface area (TPSA) is 59.3 Å². The van der Waals surface area contributed by atoms with Gasteiger partial charge in [0.2, 0.25) is 5.91 Å². The Morgan fingerprint density at radius 3 is 2.89 bits per heavy atom. The number of aryl methyl sites for hydroxylation is 1. The summed E-state index contributed by atoms with van der Waals surface area (Å²) in [4.78, 5) is 23.2. The molecule has 0 saturated heterocycles. The van der Waals surface area contributed by atoms with E-state index in [2.05, 4.69) is 5.32 Å². The van der Waals surface area contributed by atoms with Crippen LogP contribution >= 0.6 is 0 Å². The van der Waals surface area contributed by atoms with E-state index in [1.165, 1.54) is 6.07 Å². The molecule has 4 heteroatoms. The Balaban J connectivity index is 1.94. The maximum atomic E-state index is 11.7. The highest BCUT2D eigenvalue weighted by Gasteiger charge is 2.29. The molecule has 98 valence electrons. The third-order valence-electron chi connectivity index (χ3n) is 3.38. The van der Waals surface area contributed by atoms with Crippen LogP contribution in [0.3, 0.4) is 0 Å². The number of hydrogen-bond acceptors (Lipinski definition) is 3. The SMILES string of the molecule is Cc1ccc2oc(=O)cc(CNC(=O)C3CC3)c2c1. The lowest BCUT2D eigenvalue weighted by Crippen LogP contribution is -2.24. The van der Waals surface area contributed by atoms with Gasteiger partial charge in [0, 0.05) is 23.9 Å². The van der Waals surface area contributed by atoms with Crippen molar-refractivity contribution in [1.29, 1.82) is 0 Å². The lowest BCUT2D eigenvalue weighted by atomic mass is 10.1. The van der Waals surface area contributed by atoms with Crippen molar-refractivity contribution in [3.8, 4) is 0 Å². The quantitative estimate of drug-likeness (QED) is 0.857. The summed E-state index contributed by atoms with van der Waals surface area (Å²) in [5.74, 6) is 0.252. The van der Waals surface area contributed by atoms with Gasteiger partial charge in [0.25, 0.3) is 0 Å². The van der Waals surface area contributed by atoms with Crippen LogP contribution in [-0.4, -0.2) is 5.91 Å². The Kier molecular flexibility index (Phi) is 2.85. The number of hydrogen-bond donors (Lipinski definition) is 1. The van der Waals surface area contributed by atoms with Gasteiger partial charge in [-0.2, -0.15) is 0 Å². The minimum atomic E-state index is -0.382. The van der Waals surface area contributed by atoms with Crippen LogP contribution in [0.4, 0.5) is 0 Å². The van der Waals surface area contributed by atoms with E-state index in [9.17, 15) is 9.59 Å². The number of carbonyl (C=O) groups is 1. The first kappa shape index (κ1) is 12.0. The molecule has 3 rings (SSSR count). The van der Waals surface area contributed by atoms with Gasteiger partial charge in [0.15, 0.2) is 0 Å². The van der Waals surface area contributed by atoms with Crippen LogP contribution in [0.2, 0.25) is 0 Å². The summed E-state index contributed by atoms with van der Waals surface area (Å²) in [6, 6.07) is 7.11. The number of rotatable bonds is 3. The molecule has 0 bridgehead atoms. The molecule has 0 atom stereocenters. The average Bonchev–Trinajstić information content (AvgIpc) is 3.20. The van der Waals surface area contributed by atoms with Crippen molar-refractivity contribution in [1.82, 2.24) is 5.32 Å². The largest absolute Gasteiger partial charge is 0.423 e. The maximum Gasteiger partial charge on any atom is 0.336 e. The van der Waals surface area contributed by atoms with Crippen LogP contribution in [0.25, 0.3) is 11.0 Å². The highest BCUT2D eigenvalue weighted by atomic mass is 16.4. The molecule has 1 N–H and O–H groups in total. The molecule has 0 spiro atoms. The number of benzene rings is 1. The molecule has 2 aromatic rings. The van der Waals surface area contributed by atoms with Crippen molar-refractivity contribution in [2.45, 2.75) is 26.3 Å². The van der Waals surface area contributed by atoms with Crippen molar-refractivity contribution in [2.24, 2.45) is 5.92 Å². The van der Waals surface area contributed by atoms with Crippen molar-refractivity contribution >= 4 is 16.9 Å². The van der Waals surface area contributed by atoms with Crippen molar-refractivity contribution in [3.05, 3.63) is 45.8 Å². The molecule has 0 radical (unpaired) electrons. The number of nitrogens with one attached hydrogen (secondary N) is 1. The molecule has 1 amide bonds. The summed E-state index contributed by atoms with van der Waals surface area (Å²) in [6.07, 6.45) is 1.95. The van der Waals surface area contributed by atoms with Crippen molar-refractivity contribution in [2.75, 3.05) is 0 Å². The van der Waals surface area contributed by atoms with Crippen LogP contribution in [0.15, 0.2) is 33.5 Å². The van der Waals surface area contributed by atoms with Gasteiger partial charge in [0.1, 0.15) is 5.58 Å². The van der Waals surface area contributed by atoms with Crippen molar-refractivity contribution < 1.29 is 9.21 Å². The second-order valence-corrected chi connectivity index (χ2v) is 5.08. The molecule has 1 aliphatic carbocycles. The van der Waals surface area contributed by atoms with Gasteiger partial charge < -0.3 is 9.73 Å². The Morgan fingerprint density at radius 1 is 1.37 bits per heavy atom. The zero-order valence-corrected chi connectivity index (χ0v) is 10.7. The van der Waals surface area contributed by atoms with Gasteiger partial charge in [-0.3, -0.25) is 4.79 Å². The molecular formula is C15H15NO3. The Morgan fingerprint density at radius 2 is 2.16 bits per heavy atom. The third-order valence-corrected chi connectivity index (χ3v) is 3.38. The predicted octanol–water partition coefficient (Wildman–Crippen LogP) is 2.13. The minimum absolute atomic E-state index is 0.0778. The molecule has 19 heavy (non-hydrogen) atoms. The van der Waals surface area contributed by atoms with E-state index < -0.39 is 0 Å². The van der Waals surface area contributed by atoms with Crippen LogP contribution in [0.1, 0.15) is 24.0 Å². The summed E-state index contributed by atoms with van der Waals surface area (Å²) in [5, 5.41) is 3.77. The molecule has 0 unspecified atom stereocenters. The van der Waals surface area contributed by atoms with E-state index in [1.807, 2.05) is 19.1 Å². The standard InChI is InChI=1S/C15H15NO3/c1-9-2-5-13-12(6-9)11(7-14(17)19-13)8-16-15(18)10-3-4-10/h2,5-7,10H,3-4,8H2,1H3,(H,16,18). The van der Waals surface area contributed by atoms with E-state index in [0.717, 1.165) is 29.4 Å². The van der Waals surface area contributed by atoms with Crippen molar-refractivity contribution in [3.63, 3.8) is 0 Å². The van der Waals surface area contributed by atoms with Crippen LogP contribution < -0.4 is 10.9 Å². The molecule has 1 heterocycles. The van der Waals surface area contributed by atoms with Gasteiger partial charge in [-0.05, 0) is 37.5 Å². The van der Waals surface area contributed by atoms with Crippen LogP contribution in [-0.2, 0) is 11.3 Å². The second-order valence-electron chi connectivity index (χ2n) is 5.08. The number of amides is 1. The molecular weight excluding hydrogens is 242 g/mol. The third kappa shape index (κ3) is 2.52. The van der Waals surface area contributed by atoms with E-state index in [-0.39, 0.29) is 17.5 Å². The first-order valence-electron chi connectivity index (χ1n) is 6.44. The van der Waals surface area contributed by atoms with E-state index in [1.54, 1.807) is 6.07 Å². The highest BCUT2D eigenvalue weighted by Crippen LogP contribution is 2.29. The van der Waals surface area contributed by atoms with Gasteiger partial charge in [-0.1, -0.05) is 11.6 Å². The zero-order valence-electron chi connectivity index (χ0n) is 10.7. The molecule has 1 aromatic carbocycles. The Hall–Kier alpha value is -2.10. The lowest BCUT2D eigenvalue weighted by Gasteiger charge is -2.07. The Labute approximate surface area is 110 Å². The highest BCUT2D eigenvalue weighted by molar-refractivity contribution is 5.83. The van der Waals surface area contributed by atoms with E-state index in [0.29, 0.717) is 12.1 Å². The molecule has 1 saturated carbocycles. The molecule has 4 nitrogen and oxygen atoms in total. The Bertz CT molecular complexity index is 698. The van der Waals surface area contributed by atoms with Crippen LogP contribution in [0.5, 0.6) is 0 Å². The van der Waals surface area contributed by atoms with Gasteiger partial charge >= 0.3 is 5.63 Å². The molecule has 1 aromatic heterocycles. The van der Waals surface area contributed by atoms with E-state index >= 15 is 0 Å². The summed E-state index contributed by atoms with van der Waals surface area (Å²) in [6.45, 7) is 2.36. The number of carbonyl (C=O) groups excluding carboxylic acids is 1. The monoisotopic (exact) mass is 257 g/mol. The normalized spacial score (nSPS) is 14.6. The van der Waals surface area contributed by atoms with Crippen LogP contribution in [0, 0.1) is 12.8 Å². The van der Waals surface area contributed by atoms with Gasteiger partial charge in [-0.15, -0.1) is 0 Å². The fraction of sp³-hybridized carbons (Fsp3) is 0.333. The first-order valence-corrected chi connectivity index (χ1v) is 6.44. The number of fused-ring (bicyclic) bond motifs is 1. The van der Waals surface area contributed by atoms with Gasteiger partial charge in [-0.25, -0.2) is 4.79 Å². The molecule has 1 aliphatic rings. The minimum Gasteiger partial charge on any atom is -0.423 e. The summed E-state index contributed by atoms with van der Waals surface area (Å²) in [5.41, 5.74) is 2.08. The molecule has 0 aliphatic heterocycles. The summed E-state index contributed by atoms with van der Waals surface area (Å²) >= 11 is 0. The van der Waals surface area contributed by atoms with Gasteiger partial charge in [0.05, 0.1) is 0 Å². The first-order chi connectivity index (χ1) is 9.13. The predicted molar refractivity (Wildman–Crippen MR) is 71.8 cm³/mol. The zero-order chi connectivity index (χ0) is 13.4. The fourth-order valence-electron chi connectivity index (χ4n) is 2.16. The summed E-state index contributed by atoms with van der Waals surface area (Å²) < 4.78 is 5.16. The fourth-order valence-corrected chi connectivity index (χ4v) is 2.16. The maximum absolute atomic E-state index is 11.7. The molecule has 1 fully saturated rings. The lowest BCUT2D eigenvalue weighted by molar-refractivity contribution is -0.122. The summed E-state index contributed by atoms with van der Waals surface area (Å²) in [7, 11) is 0.